The van der Waals surface area contributed by atoms with E-state index in [1.54, 1.807) is 29.2 Å². The van der Waals surface area contributed by atoms with Crippen LogP contribution in [0.5, 0.6) is 11.5 Å². The van der Waals surface area contributed by atoms with E-state index in [9.17, 15) is 23.2 Å². The quantitative estimate of drug-likeness (QED) is 0.461. The first-order valence-corrected chi connectivity index (χ1v) is 11.2. The highest BCUT2D eigenvalue weighted by Crippen LogP contribution is 2.47. The van der Waals surface area contributed by atoms with Gasteiger partial charge in [-0.15, -0.1) is 0 Å². The molecular formula is C25H19ClF3N3O3. The van der Waals surface area contributed by atoms with Crippen molar-refractivity contribution in [1.82, 2.24) is 9.47 Å². The zero-order chi connectivity index (χ0) is 25.0. The van der Waals surface area contributed by atoms with E-state index in [2.05, 4.69) is 6.07 Å². The van der Waals surface area contributed by atoms with Crippen LogP contribution in [-0.2, 0) is 11.8 Å². The van der Waals surface area contributed by atoms with E-state index in [0.29, 0.717) is 48.1 Å². The Bertz CT molecular complexity index is 1370. The number of halogens is 4. The number of aromatic nitrogens is 1. The van der Waals surface area contributed by atoms with Gasteiger partial charge in [0, 0.05) is 42.6 Å². The molecule has 0 unspecified atom stereocenters. The van der Waals surface area contributed by atoms with Gasteiger partial charge in [-0.2, -0.15) is 18.4 Å². The van der Waals surface area contributed by atoms with Crippen LogP contribution in [0, 0.1) is 11.3 Å². The zero-order valence-electron chi connectivity index (χ0n) is 18.5. The smallest absolute Gasteiger partial charge is 0.419 e. The Labute approximate surface area is 204 Å². The fourth-order valence-electron chi connectivity index (χ4n) is 4.83. The molecule has 3 heterocycles. The number of piperidine rings is 1. The first-order valence-electron chi connectivity index (χ1n) is 10.8. The highest BCUT2D eigenvalue weighted by Gasteiger charge is 2.45. The molecule has 2 aliphatic heterocycles. The fourth-order valence-corrected chi connectivity index (χ4v) is 4.99. The maximum absolute atomic E-state index is 13.2. The molecule has 0 saturated carbocycles. The lowest BCUT2D eigenvalue weighted by Crippen LogP contribution is -2.50. The maximum atomic E-state index is 13.2. The van der Waals surface area contributed by atoms with E-state index in [1.165, 1.54) is 0 Å². The molecule has 180 valence electrons. The number of carbonyl (C=O) groups excluding carboxylic acids is 1. The topological polar surface area (TPSA) is 67.5 Å². The zero-order valence-corrected chi connectivity index (χ0v) is 19.3. The van der Waals surface area contributed by atoms with E-state index in [1.807, 2.05) is 10.6 Å². The van der Waals surface area contributed by atoms with Crippen molar-refractivity contribution < 1.29 is 27.4 Å². The molecule has 35 heavy (non-hydrogen) atoms. The fraction of sp³-hybridized carbons (Fsp3) is 0.280. The van der Waals surface area contributed by atoms with Crippen LogP contribution in [-0.4, -0.2) is 35.6 Å². The molecule has 1 aromatic heterocycles. The van der Waals surface area contributed by atoms with Gasteiger partial charge in [-0.1, -0.05) is 11.6 Å². The molecule has 1 amide bonds. The number of carbonyl (C=O) groups is 1. The van der Waals surface area contributed by atoms with E-state index >= 15 is 0 Å². The largest absolute Gasteiger partial charge is 0.496 e. The number of ether oxygens (including phenoxy) is 2. The number of hydrogen-bond acceptors (Lipinski definition) is 4. The normalized spacial score (nSPS) is 16.2. The molecule has 2 aromatic carbocycles. The van der Waals surface area contributed by atoms with E-state index in [0.717, 1.165) is 31.0 Å². The van der Waals surface area contributed by atoms with E-state index in [-0.39, 0.29) is 11.5 Å². The summed E-state index contributed by atoms with van der Waals surface area (Å²) in [6, 6.07) is 14.2. The standard InChI is InChI=1S/C25H19ClF3N3O3/c1-34-20-12-15(2-5-18(20)25(27,28)29)23(33)31-10-8-24(9-11-31)22-7-4-17(14-30)32(22)19-6-3-16(26)13-21(19)35-24/h2-7,12-13H,8-11H2,1H3. The summed E-state index contributed by atoms with van der Waals surface area (Å²) in [7, 11) is 1.14. The van der Waals surface area contributed by atoms with Crippen molar-refractivity contribution in [3.8, 4) is 23.3 Å². The Hall–Kier alpha value is -3.64. The second-order valence-electron chi connectivity index (χ2n) is 8.46. The number of amides is 1. The van der Waals surface area contributed by atoms with Gasteiger partial charge < -0.3 is 14.4 Å². The molecule has 5 rings (SSSR count). The van der Waals surface area contributed by atoms with Crippen LogP contribution in [0.4, 0.5) is 13.2 Å². The van der Waals surface area contributed by atoms with Gasteiger partial charge in [0.05, 0.1) is 24.1 Å². The molecule has 3 aromatic rings. The van der Waals surface area contributed by atoms with Crippen molar-refractivity contribution >= 4 is 17.5 Å². The van der Waals surface area contributed by atoms with Crippen LogP contribution in [0.1, 0.15) is 40.2 Å². The summed E-state index contributed by atoms with van der Waals surface area (Å²) in [5.41, 5.74) is 0.390. The number of alkyl halides is 3. The molecule has 6 nitrogen and oxygen atoms in total. The Kier molecular flexibility index (Phi) is 5.44. The predicted octanol–water partition coefficient (Wildman–Crippen LogP) is 5.55. The third-order valence-electron chi connectivity index (χ3n) is 6.54. The van der Waals surface area contributed by atoms with Gasteiger partial charge in [0.2, 0.25) is 0 Å². The lowest BCUT2D eigenvalue weighted by Gasteiger charge is -2.45. The van der Waals surface area contributed by atoms with Crippen LogP contribution >= 0.6 is 11.6 Å². The molecule has 0 atom stereocenters. The van der Waals surface area contributed by atoms with Crippen molar-refractivity contribution in [2.45, 2.75) is 24.6 Å². The highest BCUT2D eigenvalue weighted by atomic mass is 35.5. The molecule has 0 aliphatic carbocycles. The van der Waals surface area contributed by atoms with Crippen molar-refractivity contribution in [2.75, 3.05) is 20.2 Å². The first-order chi connectivity index (χ1) is 16.7. The third-order valence-corrected chi connectivity index (χ3v) is 6.78. The number of likely N-dealkylation sites (tertiary alicyclic amines) is 1. The number of methoxy groups -OCH3 is 1. The molecule has 0 bridgehead atoms. The Balaban J connectivity index is 1.42. The average Bonchev–Trinajstić information content (AvgIpc) is 3.28. The van der Waals surface area contributed by atoms with Gasteiger partial charge in [0.15, 0.2) is 5.60 Å². The van der Waals surface area contributed by atoms with Crippen LogP contribution in [0.15, 0.2) is 48.5 Å². The summed E-state index contributed by atoms with van der Waals surface area (Å²) in [6.07, 6.45) is -3.73. The van der Waals surface area contributed by atoms with E-state index in [4.69, 9.17) is 21.1 Å². The number of nitriles is 1. The Morgan fingerprint density at radius 3 is 2.54 bits per heavy atom. The number of fused-ring (bicyclic) bond motifs is 4. The highest BCUT2D eigenvalue weighted by molar-refractivity contribution is 6.30. The second-order valence-corrected chi connectivity index (χ2v) is 8.90. The van der Waals surface area contributed by atoms with Crippen molar-refractivity contribution in [1.29, 1.82) is 5.26 Å². The van der Waals surface area contributed by atoms with Crippen molar-refractivity contribution in [3.63, 3.8) is 0 Å². The number of nitrogens with zero attached hydrogens (tertiary/aromatic N) is 3. The summed E-state index contributed by atoms with van der Waals surface area (Å²) in [5, 5.41) is 10.1. The maximum Gasteiger partial charge on any atom is 0.419 e. The van der Waals surface area contributed by atoms with Gasteiger partial charge in [-0.05, 0) is 42.5 Å². The van der Waals surface area contributed by atoms with Crippen molar-refractivity contribution in [3.05, 3.63) is 76.1 Å². The second kappa shape index (κ2) is 8.24. The van der Waals surface area contributed by atoms with Gasteiger partial charge in [-0.3, -0.25) is 9.36 Å². The van der Waals surface area contributed by atoms with Crippen LogP contribution in [0.25, 0.3) is 5.69 Å². The van der Waals surface area contributed by atoms with Gasteiger partial charge >= 0.3 is 6.18 Å². The van der Waals surface area contributed by atoms with Crippen molar-refractivity contribution in [2.24, 2.45) is 0 Å². The average molecular weight is 502 g/mol. The summed E-state index contributed by atoms with van der Waals surface area (Å²) < 4.78 is 52.7. The monoisotopic (exact) mass is 501 g/mol. The minimum atomic E-state index is -4.58. The molecule has 1 saturated heterocycles. The molecule has 1 spiro atoms. The van der Waals surface area contributed by atoms with E-state index < -0.39 is 23.1 Å². The Morgan fingerprint density at radius 1 is 1.14 bits per heavy atom. The summed E-state index contributed by atoms with van der Waals surface area (Å²) in [6.45, 7) is 0.621. The van der Waals surface area contributed by atoms with Crippen LogP contribution in [0.3, 0.4) is 0 Å². The summed E-state index contributed by atoms with van der Waals surface area (Å²) in [5.74, 6) is -0.244. The third kappa shape index (κ3) is 3.78. The SMILES string of the molecule is COc1cc(C(=O)N2CCC3(CC2)Oc2cc(Cl)ccc2-n2c(C#N)ccc23)ccc1C(F)(F)F. The van der Waals surface area contributed by atoms with Crippen LogP contribution in [0.2, 0.25) is 5.02 Å². The first kappa shape index (κ1) is 23.1. The number of benzene rings is 2. The molecular weight excluding hydrogens is 483 g/mol. The molecule has 1 fully saturated rings. The van der Waals surface area contributed by atoms with Crippen LogP contribution < -0.4 is 9.47 Å². The lowest BCUT2D eigenvalue weighted by molar-refractivity contribution is -0.138. The Morgan fingerprint density at radius 2 is 1.89 bits per heavy atom. The predicted molar refractivity (Wildman–Crippen MR) is 121 cm³/mol. The minimum Gasteiger partial charge on any atom is -0.496 e. The van der Waals surface area contributed by atoms with Gasteiger partial charge in [0.1, 0.15) is 23.3 Å². The molecule has 10 heteroatoms. The summed E-state index contributed by atoms with van der Waals surface area (Å²) >= 11 is 6.19. The lowest BCUT2D eigenvalue weighted by atomic mass is 9.86. The number of rotatable bonds is 2. The van der Waals surface area contributed by atoms with Gasteiger partial charge in [0.25, 0.3) is 5.91 Å². The molecule has 0 N–H and O–H groups in total. The molecule has 2 aliphatic rings. The number of hydrogen-bond donors (Lipinski definition) is 0. The molecule has 0 radical (unpaired) electrons. The minimum absolute atomic E-state index is 0.114. The summed E-state index contributed by atoms with van der Waals surface area (Å²) in [4.78, 5) is 14.7. The van der Waals surface area contributed by atoms with Gasteiger partial charge in [-0.25, -0.2) is 0 Å².